The second-order valence-electron chi connectivity index (χ2n) is 6.94. The average Bonchev–Trinajstić information content (AvgIpc) is 3.05. The number of anilines is 1. The van der Waals surface area contributed by atoms with Gasteiger partial charge in [0.15, 0.2) is 5.82 Å². The maximum Gasteiger partial charge on any atom is 0.219 e. The second kappa shape index (κ2) is 8.73. The Morgan fingerprint density at radius 3 is 2.69 bits per heavy atom. The molecule has 150 valence electrons. The van der Waals surface area contributed by atoms with Gasteiger partial charge in [0.1, 0.15) is 5.75 Å². The number of nitriles is 1. The molecule has 0 fully saturated rings. The van der Waals surface area contributed by atoms with Gasteiger partial charge in [-0.2, -0.15) is 10.4 Å². The van der Waals surface area contributed by atoms with Gasteiger partial charge in [-0.25, -0.2) is 4.68 Å². The Hall–Kier alpha value is -3.41. The molecule has 4 N–H and O–H groups in total. The number of benzene rings is 1. The van der Waals surface area contributed by atoms with Crippen molar-refractivity contribution in [2.75, 3.05) is 11.9 Å². The van der Waals surface area contributed by atoms with Gasteiger partial charge < -0.3 is 20.9 Å². The van der Waals surface area contributed by atoms with E-state index in [4.69, 9.17) is 10.5 Å². The van der Waals surface area contributed by atoms with Crippen LogP contribution in [0.1, 0.15) is 31.1 Å². The van der Waals surface area contributed by atoms with E-state index in [0.29, 0.717) is 34.3 Å². The molecule has 0 aliphatic rings. The molecule has 0 aliphatic heterocycles. The minimum absolute atomic E-state index is 0.124. The molecule has 29 heavy (non-hydrogen) atoms. The second-order valence-corrected chi connectivity index (χ2v) is 6.94. The number of hydrogen-bond donors (Lipinski definition) is 3. The molecule has 0 saturated carbocycles. The summed E-state index contributed by atoms with van der Waals surface area (Å²) in [5.74, 6) is 1.72. The third-order valence-electron chi connectivity index (χ3n) is 4.27. The maximum atomic E-state index is 9.86. The summed E-state index contributed by atoms with van der Waals surface area (Å²) in [7, 11) is 1.79. The summed E-state index contributed by atoms with van der Waals surface area (Å²) in [6, 6.07) is 12.9. The number of nitrogens with zero attached hydrogens (tertiary/aromatic N) is 4. The summed E-state index contributed by atoms with van der Waals surface area (Å²) >= 11 is 0. The van der Waals surface area contributed by atoms with Crippen LogP contribution in [0.25, 0.3) is 11.3 Å². The molecular formula is C21H24N6O2. The zero-order chi connectivity index (χ0) is 21.0. The first-order valence-corrected chi connectivity index (χ1v) is 9.28. The predicted molar refractivity (Wildman–Crippen MR) is 110 cm³/mol. The monoisotopic (exact) mass is 392 g/mol. The van der Waals surface area contributed by atoms with E-state index in [1.165, 1.54) is 0 Å². The quantitative estimate of drug-likeness (QED) is 0.565. The van der Waals surface area contributed by atoms with E-state index >= 15 is 0 Å². The lowest BCUT2D eigenvalue weighted by atomic mass is 10.1. The average molecular weight is 392 g/mol. The Labute approximate surface area is 169 Å². The fraction of sp³-hybridized carbons (Fsp3) is 0.286. The lowest BCUT2D eigenvalue weighted by Crippen LogP contribution is -2.11. The Morgan fingerprint density at radius 2 is 2.07 bits per heavy atom. The minimum atomic E-state index is -0.755. The number of pyridine rings is 1. The maximum absolute atomic E-state index is 9.86. The molecule has 0 radical (unpaired) electrons. The van der Waals surface area contributed by atoms with Crippen LogP contribution >= 0.6 is 0 Å². The summed E-state index contributed by atoms with van der Waals surface area (Å²) in [6.45, 7) is 4.18. The molecule has 3 aromatic rings. The smallest absolute Gasteiger partial charge is 0.219 e. The molecule has 0 unspecified atom stereocenters. The van der Waals surface area contributed by atoms with Crippen molar-refractivity contribution in [2.45, 2.75) is 26.0 Å². The molecule has 2 heterocycles. The van der Waals surface area contributed by atoms with E-state index in [9.17, 15) is 10.4 Å². The SMILES string of the molecule is CC(C)Nc1cc(Oc2cc(C#N)ccc2-c2ccc([C@H](O)CN)cn2)n(C)n1. The number of ether oxygens (including phenoxy) is 1. The summed E-state index contributed by atoms with van der Waals surface area (Å²) in [5, 5.41) is 26.8. The number of aliphatic hydroxyl groups excluding tert-OH is 1. The number of aryl methyl sites for hydroxylation is 1. The van der Waals surface area contributed by atoms with E-state index in [1.807, 2.05) is 13.8 Å². The van der Waals surface area contributed by atoms with E-state index < -0.39 is 6.10 Å². The zero-order valence-electron chi connectivity index (χ0n) is 16.6. The molecule has 3 rings (SSSR count). The van der Waals surface area contributed by atoms with Crippen LogP contribution in [0, 0.1) is 11.3 Å². The van der Waals surface area contributed by atoms with Gasteiger partial charge in [-0.15, -0.1) is 0 Å². The largest absolute Gasteiger partial charge is 0.438 e. The number of nitrogens with two attached hydrogens (primary N) is 1. The van der Waals surface area contributed by atoms with Crippen LogP contribution in [-0.2, 0) is 7.05 Å². The Balaban J connectivity index is 1.96. The van der Waals surface area contributed by atoms with Gasteiger partial charge in [0.2, 0.25) is 5.88 Å². The standard InChI is InChI=1S/C21H24N6O2/c1-13(2)25-20-9-21(27(3)26-20)29-19-8-14(10-22)4-6-16(19)17-7-5-15(12-24-17)18(28)11-23/h4-9,12-13,18,28H,11,23H2,1-3H3,(H,25,26)/t18-/m1/s1. The van der Waals surface area contributed by atoms with Crippen molar-refractivity contribution in [1.29, 1.82) is 5.26 Å². The molecule has 8 nitrogen and oxygen atoms in total. The number of aliphatic hydroxyl groups is 1. The molecule has 0 bridgehead atoms. The summed E-state index contributed by atoms with van der Waals surface area (Å²) in [5.41, 5.74) is 7.99. The molecule has 0 saturated heterocycles. The van der Waals surface area contributed by atoms with Crippen LogP contribution in [0.3, 0.4) is 0 Å². The fourth-order valence-corrected chi connectivity index (χ4v) is 2.81. The first kappa shape index (κ1) is 20.3. The van der Waals surface area contributed by atoms with Gasteiger partial charge in [-0.05, 0) is 38.1 Å². The lowest BCUT2D eigenvalue weighted by molar-refractivity contribution is 0.186. The lowest BCUT2D eigenvalue weighted by Gasteiger charge is -2.12. The van der Waals surface area contributed by atoms with Crippen molar-refractivity contribution >= 4 is 5.82 Å². The van der Waals surface area contributed by atoms with Gasteiger partial charge in [0.05, 0.1) is 23.4 Å². The molecule has 1 aromatic carbocycles. The van der Waals surface area contributed by atoms with Crippen LogP contribution in [0.5, 0.6) is 11.6 Å². The van der Waals surface area contributed by atoms with E-state index in [2.05, 4.69) is 21.5 Å². The molecule has 0 spiro atoms. The van der Waals surface area contributed by atoms with Crippen LogP contribution in [0.2, 0.25) is 0 Å². The van der Waals surface area contributed by atoms with Crippen LogP contribution < -0.4 is 15.8 Å². The van der Waals surface area contributed by atoms with Crippen molar-refractivity contribution in [1.82, 2.24) is 14.8 Å². The Kier molecular flexibility index (Phi) is 6.12. The van der Waals surface area contributed by atoms with Crippen molar-refractivity contribution in [3.05, 3.63) is 53.7 Å². The van der Waals surface area contributed by atoms with Crippen molar-refractivity contribution in [2.24, 2.45) is 12.8 Å². The van der Waals surface area contributed by atoms with Crippen LogP contribution in [-0.4, -0.2) is 32.5 Å². The fourth-order valence-electron chi connectivity index (χ4n) is 2.81. The first-order chi connectivity index (χ1) is 13.9. The van der Waals surface area contributed by atoms with E-state index in [1.54, 1.807) is 54.3 Å². The Bertz CT molecular complexity index is 1020. The van der Waals surface area contributed by atoms with Gasteiger partial charge in [-0.1, -0.05) is 6.07 Å². The van der Waals surface area contributed by atoms with E-state index in [0.717, 1.165) is 5.56 Å². The third-order valence-corrected chi connectivity index (χ3v) is 4.27. The van der Waals surface area contributed by atoms with Gasteiger partial charge in [0.25, 0.3) is 0 Å². The predicted octanol–water partition coefficient (Wildman–Crippen LogP) is 2.96. The topological polar surface area (TPSA) is 122 Å². The molecule has 0 aliphatic carbocycles. The number of aromatic nitrogens is 3. The van der Waals surface area contributed by atoms with Crippen molar-refractivity contribution in [3.63, 3.8) is 0 Å². The van der Waals surface area contributed by atoms with Crippen LogP contribution in [0.15, 0.2) is 42.6 Å². The Morgan fingerprint density at radius 1 is 1.28 bits per heavy atom. The highest BCUT2D eigenvalue weighted by atomic mass is 16.5. The molecule has 2 aromatic heterocycles. The summed E-state index contributed by atoms with van der Waals surface area (Å²) in [6.07, 6.45) is 0.832. The van der Waals surface area contributed by atoms with Gasteiger partial charge >= 0.3 is 0 Å². The number of nitrogens with one attached hydrogen (secondary N) is 1. The molecule has 1 atom stereocenters. The minimum Gasteiger partial charge on any atom is -0.438 e. The van der Waals surface area contributed by atoms with Gasteiger partial charge in [-0.3, -0.25) is 4.98 Å². The van der Waals surface area contributed by atoms with Crippen LogP contribution in [0.4, 0.5) is 5.82 Å². The highest BCUT2D eigenvalue weighted by Crippen LogP contribution is 2.34. The normalized spacial score (nSPS) is 11.9. The van der Waals surface area contributed by atoms with E-state index in [-0.39, 0.29) is 12.6 Å². The van der Waals surface area contributed by atoms with Gasteiger partial charge in [0, 0.05) is 43.0 Å². The summed E-state index contributed by atoms with van der Waals surface area (Å²) in [4.78, 5) is 4.43. The molecule has 8 heteroatoms. The highest BCUT2D eigenvalue weighted by Gasteiger charge is 2.15. The zero-order valence-corrected chi connectivity index (χ0v) is 16.6. The number of hydrogen-bond acceptors (Lipinski definition) is 7. The van der Waals surface area contributed by atoms with Crippen molar-refractivity contribution < 1.29 is 9.84 Å². The number of rotatable bonds is 7. The van der Waals surface area contributed by atoms with Crippen molar-refractivity contribution in [3.8, 4) is 29.0 Å². The highest BCUT2D eigenvalue weighted by molar-refractivity contribution is 5.69. The molecule has 0 amide bonds. The first-order valence-electron chi connectivity index (χ1n) is 9.28. The third kappa shape index (κ3) is 4.71. The summed E-state index contributed by atoms with van der Waals surface area (Å²) < 4.78 is 7.72. The molecular weight excluding hydrogens is 368 g/mol.